The maximum absolute atomic E-state index is 12.5. The Morgan fingerprint density at radius 1 is 1.12 bits per heavy atom. The molecule has 2 heterocycles. The molecule has 34 heavy (non-hydrogen) atoms. The van der Waals surface area contributed by atoms with Crippen molar-refractivity contribution in [3.8, 4) is 17.0 Å². The van der Waals surface area contributed by atoms with E-state index in [0.29, 0.717) is 40.3 Å². The molecule has 0 saturated carbocycles. The van der Waals surface area contributed by atoms with Crippen molar-refractivity contribution in [3.05, 3.63) is 78.3 Å². The van der Waals surface area contributed by atoms with Crippen LogP contribution >= 0.6 is 0 Å². The SMILES string of the molecule is CCCOC(=O)c1c[nH]c2ncnc(-c3cccc(NC(=O)/C=C\c4ccccc4OC)c3)c12. The summed E-state index contributed by atoms with van der Waals surface area (Å²) in [7, 11) is 1.59. The first-order valence-electron chi connectivity index (χ1n) is 10.8. The lowest BCUT2D eigenvalue weighted by molar-refractivity contribution is -0.111. The highest BCUT2D eigenvalue weighted by Crippen LogP contribution is 2.30. The second-order valence-corrected chi connectivity index (χ2v) is 7.43. The first-order chi connectivity index (χ1) is 16.6. The minimum atomic E-state index is -0.435. The number of hydrogen-bond acceptors (Lipinski definition) is 6. The largest absolute Gasteiger partial charge is 0.496 e. The molecule has 2 aromatic carbocycles. The number of fused-ring (bicyclic) bond motifs is 1. The number of nitrogens with one attached hydrogen (secondary N) is 2. The van der Waals surface area contributed by atoms with Crippen LogP contribution in [0, 0.1) is 0 Å². The van der Waals surface area contributed by atoms with Crippen LogP contribution in [0.2, 0.25) is 0 Å². The van der Waals surface area contributed by atoms with Gasteiger partial charge in [-0.05, 0) is 30.7 Å². The zero-order chi connectivity index (χ0) is 23.9. The lowest BCUT2D eigenvalue weighted by atomic mass is 10.1. The quantitative estimate of drug-likeness (QED) is 0.290. The Labute approximate surface area is 196 Å². The maximum Gasteiger partial charge on any atom is 0.340 e. The fraction of sp³-hybridized carbons (Fsp3) is 0.154. The molecule has 0 aliphatic carbocycles. The van der Waals surface area contributed by atoms with E-state index in [1.54, 1.807) is 31.5 Å². The number of ether oxygens (including phenoxy) is 2. The number of aromatic amines is 1. The van der Waals surface area contributed by atoms with Crippen LogP contribution in [0.5, 0.6) is 5.75 Å². The van der Waals surface area contributed by atoms with Crippen LogP contribution in [0.3, 0.4) is 0 Å². The van der Waals surface area contributed by atoms with E-state index in [1.165, 1.54) is 12.4 Å². The van der Waals surface area contributed by atoms with Gasteiger partial charge in [0.15, 0.2) is 0 Å². The Kier molecular flexibility index (Phi) is 6.98. The second kappa shape index (κ2) is 10.4. The summed E-state index contributed by atoms with van der Waals surface area (Å²) in [6.07, 6.45) is 6.87. The third-order valence-electron chi connectivity index (χ3n) is 5.08. The molecular weight excluding hydrogens is 432 g/mol. The summed E-state index contributed by atoms with van der Waals surface area (Å²) in [5.41, 5.74) is 3.58. The Bertz CT molecular complexity index is 1360. The number of aromatic nitrogens is 3. The van der Waals surface area contributed by atoms with Crippen LogP contribution < -0.4 is 10.1 Å². The van der Waals surface area contributed by atoms with Gasteiger partial charge in [-0.1, -0.05) is 37.3 Å². The van der Waals surface area contributed by atoms with Gasteiger partial charge in [-0.2, -0.15) is 0 Å². The molecule has 8 nitrogen and oxygen atoms in total. The molecule has 0 saturated heterocycles. The van der Waals surface area contributed by atoms with Crippen molar-refractivity contribution in [2.45, 2.75) is 13.3 Å². The molecule has 0 unspecified atom stereocenters. The van der Waals surface area contributed by atoms with Crippen molar-refractivity contribution in [3.63, 3.8) is 0 Å². The molecular formula is C26H24N4O4. The summed E-state index contributed by atoms with van der Waals surface area (Å²) in [6, 6.07) is 14.7. The molecule has 0 bridgehead atoms. The molecule has 0 atom stereocenters. The molecule has 172 valence electrons. The van der Waals surface area contributed by atoms with E-state index in [4.69, 9.17) is 9.47 Å². The van der Waals surface area contributed by atoms with Gasteiger partial charge in [0.05, 0.1) is 30.4 Å². The summed E-state index contributed by atoms with van der Waals surface area (Å²) in [5, 5.41) is 3.43. The van der Waals surface area contributed by atoms with Gasteiger partial charge >= 0.3 is 5.97 Å². The Balaban J connectivity index is 1.59. The number of methoxy groups -OCH3 is 1. The van der Waals surface area contributed by atoms with Crippen LogP contribution in [0.1, 0.15) is 29.3 Å². The fourth-order valence-corrected chi connectivity index (χ4v) is 3.51. The molecule has 8 heteroatoms. The predicted molar refractivity (Wildman–Crippen MR) is 131 cm³/mol. The number of H-pyrrole nitrogens is 1. The Morgan fingerprint density at radius 2 is 1.97 bits per heavy atom. The molecule has 2 N–H and O–H groups in total. The van der Waals surface area contributed by atoms with E-state index in [2.05, 4.69) is 20.3 Å². The minimum absolute atomic E-state index is 0.290. The molecule has 0 aliphatic heterocycles. The Hall–Kier alpha value is -4.46. The molecule has 2 aromatic heterocycles. The number of amides is 1. The first-order valence-corrected chi connectivity index (χ1v) is 10.8. The highest BCUT2D eigenvalue weighted by atomic mass is 16.5. The second-order valence-electron chi connectivity index (χ2n) is 7.43. The lowest BCUT2D eigenvalue weighted by Crippen LogP contribution is -2.08. The summed E-state index contributed by atoms with van der Waals surface area (Å²) >= 11 is 0. The highest BCUT2D eigenvalue weighted by molar-refractivity contribution is 6.08. The van der Waals surface area contributed by atoms with Crippen LogP contribution in [0.4, 0.5) is 5.69 Å². The molecule has 4 aromatic rings. The van der Waals surface area contributed by atoms with Gasteiger partial charge in [0.25, 0.3) is 0 Å². The zero-order valence-electron chi connectivity index (χ0n) is 18.9. The standard InChI is InChI=1S/C26H24N4O4/c1-3-13-34-26(32)20-15-27-25-23(20)24(28-16-29-25)18-8-6-9-19(14-18)30-22(31)12-11-17-7-4-5-10-21(17)33-2/h4-12,14-16H,3,13H2,1-2H3,(H,30,31)(H,27,28,29)/b12-11-. The zero-order valence-corrected chi connectivity index (χ0v) is 18.9. The number of rotatable bonds is 8. The topological polar surface area (TPSA) is 106 Å². The smallest absolute Gasteiger partial charge is 0.340 e. The average Bonchev–Trinajstić information content (AvgIpc) is 3.31. The number of hydrogen-bond donors (Lipinski definition) is 2. The molecule has 0 fully saturated rings. The maximum atomic E-state index is 12.5. The van der Waals surface area contributed by atoms with Crippen molar-refractivity contribution in [2.24, 2.45) is 0 Å². The number of benzene rings is 2. The average molecular weight is 457 g/mol. The van der Waals surface area contributed by atoms with Crippen molar-refractivity contribution in [1.82, 2.24) is 15.0 Å². The molecule has 1 amide bonds. The van der Waals surface area contributed by atoms with Crippen LogP contribution in [-0.2, 0) is 9.53 Å². The van der Waals surface area contributed by atoms with Gasteiger partial charge in [-0.3, -0.25) is 4.79 Å². The molecule has 0 radical (unpaired) electrons. The third kappa shape index (κ3) is 4.96. The summed E-state index contributed by atoms with van der Waals surface area (Å²) in [5.74, 6) is -0.0439. The van der Waals surface area contributed by atoms with Gasteiger partial charge in [-0.25, -0.2) is 14.8 Å². The van der Waals surface area contributed by atoms with E-state index < -0.39 is 5.97 Å². The predicted octanol–water partition coefficient (Wildman–Crippen LogP) is 4.85. The summed E-state index contributed by atoms with van der Waals surface area (Å²) in [4.78, 5) is 36.7. The van der Waals surface area contributed by atoms with Crippen molar-refractivity contribution in [1.29, 1.82) is 0 Å². The number of carbonyl (C=O) groups is 2. The monoisotopic (exact) mass is 456 g/mol. The molecule has 0 aliphatic rings. The van der Waals surface area contributed by atoms with Crippen molar-refractivity contribution in [2.75, 3.05) is 19.0 Å². The third-order valence-corrected chi connectivity index (χ3v) is 5.08. The number of para-hydroxylation sites is 1. The Morgan fingerprint density at radius 3 is 2.79 bits per heavy atom. The van der Waals surface area contributed by atoms with E-state index in [0.717, 1.165) is 17.5 Å². The van der Waals surface area contributed by atoms with Crippen molar-refractivity contribution < 1.29 is 19.1 Å². The van der Waals surface area contributed by atoms with Gasteiger partial charge in [0, 0.05) is 29.1 Å². The normalized spacial score (nSPS) is 11.0. The van der Waals surface area contributed by atoms with Crippen molar-refractivity contribution >= 4 is 34.7 Å². The van der Waals surface area contributed by atoms with Gasteiger partial charge in [0.1, 0.15) is 17.7 Å². The van der Waals surface area contributed by atoms with E-state index in [1.807, 2.05) is 43.3 Å². The molecule has 0 spiro atoms. The summed E-state index contributed by atoms with van der Waals surface area (Å²) in [6.45, 7) is 2.26. The lowest BCUT2D eigenvalue weighted by Gasteiger charge is -2.08. The number of carbonyl (C=O) groups excluding carboxylic acids is 2. The van der Waals surface area contributed by atoms with E-state index in [9.17, 15) is 9.59 Å². The van der Waals surface area contributed by atoms with Crippen LogP contribution in [0.15, 0.2) is 67.1 Å². The summed E-state index contributed by atoms with van der Waals surface area (Å²) < 4.78 is 10.6. The molecule has 4 rings (SSSR count). The van der Waals surface area contributed by atoms with Crippen LogP contribution in [-0.4, -0.2) is 40.5 Å². The van der Waals surface area contributed by atoms with E-state index in [-0.39, 0.29) is 5.91 Å². The van der Waals surface area contributed by atoms with Gasteiger partial charge in [-0.15, -0.1) is 0 Å². The highest BCUT2D eigenvalue weighted by Gasteiger charge is 2.19. The first kappa shape index (κ1) is 22.7. The van der Waals surface area contributed by atoms with Crippen LogP contribution in [0.25, 0.3) is 28.4 Å². The number of esters is 1. The number of anilines is 1. The van der Waals surface area contributed by atoms with E-state index >= 15 is 0 Å². The van der Waals surface area contributed by atoms with Gasteiger partial charge < -0.3 is 19.8 Å². The van der Waals surface area contributed by atoms with Gasteiger partial charge in [0.2, 0.25) is 5.91 Å². The minimum Gasteiger partial charge on any atom is -0.496 e. The fourth-order valence-electron chi connectivity index (χ4n) is 3.51. The number of nitrogens with zero attached hydrogens (tertiary/aromatic N) is 2.